The number of carboxylic acids is 1. The highest BCUT2D eigenvalue weighted by Crippen LogP contribution is 2.65. The number of alkyl carbamates (subject to hydrolysis) is 1. The summed E-state index contributed by atoms with van der Waals surface area (Å²) < 4.78 is 5.32. The number of carboxylic acid groups (broad SMARTS) is 1. The van der Waals surface area contributed by atoms with Crippen molar-refractivity contribution in [1.82, 2.24) is 15.5 Å². The zero-order valence-corrected chi connectivity index (χ0v) is 23.5. The average Bonchev–Trinajstić information content (AvgIpc) is 3.64. The van der Waals surface area contributed by atoms with E-state index in [0.717, 1.165) is 24.0 Å². The molecule has 10 nitrogen and oxygen atoms in total. The highest BCUT2D eigenvalue weighted by atomic mass is 16.6. The maximum atomic E-state index is 14.2. The summed E-state index contributed by atoms with van der Waals surface area (Å²) in [7, 11) is 0. The molecular formula is C30H39N3O7. The summed E-state index contributed by atoms with van der Waals surface area (Å²) in [5.74, 6) is -3.52. The number of fused-ring (bicyclic) bond motifs is 2. The fourth-order valence-corrected chi connectivity index (χ4v) is 6.90. The third-order valence-electron chi connectivity index (χ3n) is 9.31. The first-order valence-electron chi connectivity index (χ1n) is 14.3. The monoisotopic (exact) mass is 553 g/mol. The Kier molecular flexibility index (Phi) is 7.39. The minimum absolute atomic E-state index is 0.0910. The minimum Gasteiger partial charge on any atom is -0.475 e. The molecule has 2 saturated carbocycles. The van der Waals surface area contributed by atoms with Gasteiger partial charge in [-0.05, 0) is 73.3 Å². The molecule has 1 saturated heterocycles. The van der Waals surface area contributed by atoms with Crippen molar-refractivity contribution in [2.45, 2.75) is 84.0 Å². The molecule has 1 aliphatic heterocycles. The Hall–Kier alpha value is -3.43. The van der Waals surface area contributed by atoms with Gasteiger partial charge in [-0.2, -0.15) is 0 Å². The molecule has 3 aliphatic carbocycles. The third kappa shape index (κ3) is 5.45. The van der Waals surface area contributed by atoms with Crippen LogP contribution < -0.4 is 10.6 Å². The van der Waals surface area contributed by atoms with Crippen molar-refractivity contribution in [1.29, 1.82) is 0 Å². The molecule has 1 aromatic carbocycles. The molecule has 0 bridgehead atoms. The van der Waals surface area contributed by atoms with E-state index in [9.17, 15) is 29.1 Å². The Morgan fingerprint density at radius 3 is 2.23 bits per heavy atom. The van der Waals surface area contributed by atoms with Crippen LogP contribution in [0.2, 0.25) is 0 Å². The van der Waals surface area contributed by atoms with E-state index in [1.54, 1.807) is 18.7 Å². The molecular weight excluding hydrogens is 514 g/mol. The lowest BCUT2D eigenvalue weighted by molar-refractivity contribution is -0.151. The summed E-state index contributed by atoms with van der Waals surface area (Å²) in [6.07, 6.45) is 2.23. The summed E-state index contributed by atoms with van der Waals surface area (Å²) in [6, 6.07) is 5.05. The van der Waals surface area contributed by atoms with Crippen LogP contribution in [0.4, 0.5) is 4.79 Å². The van der Waals surface area contributed by atoms with E-state index in [0.29, 0.717) is 19.4 Å². The number of amides is 3. The van der Waals surface area contributed by atoms with Gasteiger partial charge in [-0.1, -0.05) is 51.0 Å². The predicted molar refractivity (Wildman–Crippen MR) is 144 cm³/mol. The first kappa shape index (κ1) is 28.1. The molecule has 5 atom stereocenters. The van der Waals surface area contributed by atoms with Gasteiger partial charge in [-0.25, -0.2) is 9.59 Å². The molecule has 2 unspecified atom stereocenters. The summed E-state index contributed by atoms with van der Waals surface area (Å²) in [5, 5.41) is 14.9. The molecule has 0 aromatic heterocycles. The van der Waals surface area contributed by atoms with Crippen LogP contribution in [0.5, 0.6) is 0 Å². The molecule has 1 heterocycles. The topological polar surface area (TPSA) is 142 Å². The van der Waals surface area contributed by atoms with Crippen molar-refractivity contribution in [3.63, 3.8) is 0 Å². The minimum atomic E-state index is -1.58. The Bertz CT molecular complexity index is 1200. The molecule has 1 aromatic rings. The van der Waals surface area contributed by atoms with Crippen molar-refractivity contribution in [3.8, 4) is 0 Å². The number of benzene rings is 1. The van der Waals surface area contributed by atoms with Crippen LogP contribution in [0.1, 0.15) is 58.1 Å². The van der Waals surface area contributed by atoms with E-state index >= 15 is 0 Å². The van der Waals surface area contributed by atoms with Gasteiger partial charge in [-0.15, -0.1) is 0 Å². The van der Waals surface area contributed by atoms with Crippen LogP contribution in [0.3, 0.4) is 0 Å². The average molecular weight is 554 g/mol. The van der Waals surface area contributed by atoms with E-state index in [2.05, 4.69) is 24.5 Å². The largest absolute Gasteiger partial charge is 0.475 e. The van der Waals surface area contributed by atoms with Crippen LogP contribution in [0, 0.1) is 29.1 Å². The van der Waals surface area contributed by atoms with Gasteiger partial charge < -0.3 is 25.4 Å². The standard InChI is InChI=1S/C30H39N3O7/c1-15(2)40-29(39)32-23(19-12-17-7-5-6-8-18(17)13-19)27(36)33-14-20-22(30(20,3)4)24(33)26(35)31-21(11-16-9-10-16)25(34)28(37)38/h5-8,15-16,19-24H,9-14H2,1-4H3,(H,31,35)(H,32,39)(H,37,38)/t20?,21?,22-,23-,24-/m0/s1. The second kappa shape index (κ2) is 10.5. The van der Waals surface area contributed by atoms with Gasteiger partial charge in [0.25, 0.3) is 5.78 Å². The van der Waals surface area contributed by atoms with E-state index < -0.39 is 41.9 Å². The third-order valence-corrected chi connectivity index (χ3v) is 9.31. The van der Waals surface area contributed by atoms with Gasteiger partial charge in [0.05, 0.1) is 12.1 Å². The smallest absolute Gasteiger partial charge is 0.408 e. The predicted octanol–water partition coefficient (Wildman–Crippen LogP) is 2.33. The molecule has 0 radical (unpaired) electrons. The number of piperidine rings is 1. The van der Waals surface area contributed by atoms with Crippen molar-refractivity contribution in [2.75, 3.05) is 6.54 Å². The fraction of sp³-hybridized carbons (Fsp3) is 0.633. The molecule has 3 N–H and O–H groups in total. The number of hydrogen-bond donors (Lipinski definition) is 3. The normalized spacial score (nSPS) is 25.9. The maximum Gasteiger partial charge on any atom is 0.408 e. The molecule has 10 heteroatoms. The van der Waals surface area contributed by atoms with Crippen LogP contribution in [0.25, 0.3) is 0 Å². The molecule has 4 aliphatic rings. The number of ether oxygens (including phenoxy) is 1. The molecule has 40 heavy (non-hydrogen) atoms. The van der Waals surface area contributed by atoms with Crippen LogP contribution >= 0.6 is 0 Å². The summed E-state index contributed by atoms with van der Waals surface area (Å²) in [6.45, 7) is 7.92. The number of hydrogen-bond acceptors (Lipinski definition) is 6. The van der Waals surface area contributed by atoms with Crippen LogP contribution in [0.15, 0.2) is 24.3 Å². The van der Waals surface area contributed by atoms with E-state index in [-0.39, 0.29) is 47.5 Å². The van der Waals surface area contributed by atoms with Crippen molar-refractivity contribution < 1.29 is 33.8 Å². The number of ketones is 1. The fourth-order valence-electron chi connectivity index (χ4n) is 6.90. The first-order valence-corrected chi connectivity index (χ1v) is 14.3. The van der Waals surface area contributed by atoms with Gasteiger partial charge >= 0.3 is 12.1 Å². The number of nitrogens with zero attached hydrogens (tertiary/aromatic N) is 1. The lowest BCUT2D eigenvalue weighted by Crippen LogP contribution is -2.59. The Balaban J connectivity index is 1.39. The zero-order valence-electron chi connectivity index (χ0n) is 23.5. The van der Waals surface area contributed by atoms with Gasteiger partial charge in [0.2, 0.25) is 11.8 Å². The van der Waals surface area contributed by atoms with Gasteiger partial charge in [0, 0.05) is 6.54 Å². The molecule has 0 spiro atoms. The summed E-state index contributed by atoms with van der Waals surface area (Å²) in [5.41, 5.74) is 2.07. The highest BCUT2D eigenvalue weighted by Gasteiger charge is 2.69. The number of aliphatic carboxylic acids is 1. The highest BCUT2D eigenvalue weighted by molar-refractivity contribution is 6.35. The Morgan fingerprint density at radius 2 is 1.68 bits per heavy atom. The number of Topliss-reactive ketones (excluding diaryl/α,β-unsaturated/α-hetero) is 1. The van der Waals surface area contributed by atoms with Gasteiger partial charge in [0.1, 0.15) is 12.1 Å². The molecule has 3 amide bonds. The second-order valence-electron chi connectivity index (χ2n) is 12.8. The van der Waals surface area contributed by atoms with E-state index in [4.69, 9.17) is 4.74 Å². The number of likely N-dealkylation sites (tertiary alicyclic amines) is 1. The van der Waals surface area contributed by atoms with E-state index in [1.165, 1.54) is 0 Å². The van der Waals surface area contributed by atoms with Crippen LogP contribution in [-0.2, 0) is 36.8 Å². The Morgan fingerprint density at radius 1 is 1.05 bits per heavy atom. The quantitative estimate of drug-likeness (QED) is 0.378. The Labute approximate surface area is 234 Å². The summed E-state index contributed by atoms with van der Waals surface area (Å²) in [4.78, 5) is 66.2. The number of nitrogens with one attached hydrogen (secondary N) is 2. The van der Waals surface area contributed by atoms with Crippen molar-refractivity contribution >= 4 is 29.7 Å². The molecule has 216 valence electrons. The zero-order chi connectivity index (χ0) is 28.9. The SMILES string of the molecule is CC(C)OC(=O)N[C@H](C(=O)N1CC2[C@@H]([C@H]1C(=O)NC(CC1CC1)C(=O)C(=O)O)C2(C)C)C1Cc2ccccc2C1. The molecule has 3 fully saturated rings. The first-order chi connectivity index (χ1) is 18.9. The molecule has 5 rings (SSSR count). The number of carbonyl (C=O) groups excluding carboxylic acids is 4. The van der Waals surface area contributed by atoms with Crippen molar-refractivity contribution in [3.05, 3.63) is 35.4 Å². The lowest BCUT2D eigenvalue weighted by atomic mass is 9.93. The lowest BCUT2D eigenvalue weighted by Gasteiger charge is -2.35. The van der Waals surface area contributed by atoms with Gasteiger partial charge in [0.15, 0.2) is 0 Å². The van der Waals surface area contributed by atoms with E-state index in [1.807, 2.05) is 24.3 Å². The van der Waals surface area contributed by atoms with Crippen LogP contribution in [-0.4, -0.2) is 70.4 Å². The number of carbonyl (C=O) groups is 5. The van der Waals surface area contributed by atoms with Gasteiger partial charge in [-0.3, -0.25) is 14.4 Å². The maximum absolute atomic E-state index is 14.2. The number of rotatable bonds is 10. The summed E-state index contributed by atoms with van der Waals surface area (Å²) >= 11 is 0. The van der Waals surface area contributed by atoms with Crippen molar-refractivity contribution in [2.24, 2.45) is 29.1 Å². The second-order valence-corrected chi connectivity index (χ2v) is 12.8.